The van der Waals surface area contributed by atoms with Crippen LogP contribution in [0.1, 0.15) is 22.7 Å². The number of hydrogen-bond acceptors (Lipinski definition) is 2. The third-order valence-corrected chi connectivity index (χ3v) is 3.04. The Morgan fingerprint density at radius 1 is 1.10 bits per heavy atom. The second-order valence-corrected chi connectivity index (χ2v) is 4.53. The molecule has 0 saturated carbocycles. The molecule has 1 aromatic heterocycles. The van der Waals surface area contributed by atoms with Crippen LogP contribution in [-0.4, -0.2) is 11.3 Å². The molecule has 21 heavy (non-hydrogen) atoms. The van der Waals surface area contributed by atoms with E-state index in [0.29, 0.717) is 17.5 Å². The van der Waals surface area contributed by atoms with Crippen molar-refractivity contribution < 1.29 is 22.4 Å². The Kier molecular flexibility index (Phi) is 4.35. The van der Waals surface area contributed by atoms with E-state index in [0.717, 1.165) is 12.3 Å². The summed E-state index contributed by atoms with van der Waals surface area (Å²) in [4.78, 5) is 14.8. The van der Waals surface area contributed by atoms with Crippen LogP contribution < -0.4 is 0 Å². The first-order valence-corrected chi connectivity index (χ1v) is 6.13. The number of carbonyl (C=O) groups is 1. The first kappa shape index (κ1) is 15.2. The zero-order valence-corrected chi connectivity index (χ0v) is 10.8. The van der Waals surface area contributed by atoms with Crippen molar-refractivity contribution >= 4 is 6.29 Å². The van der Waals surface area contributed by atoms with Gasteiger partial charge >= 0.3 is 6.18 Å². The van der Waals surface area contributed by atoms with Crippen molar-refractivity contribution in [2.24, 2.45) is 0 Å². The van der Waals surface area contributed by atoms with E-state index in [1.165, 1.54) is 30.3 Å². The van der Waals surface area contributed by atoms with Gasteiger partial charge in [0.25, 0.3) is 0 Å². The Morgan fingerprint density at radius 2 is 1.76 bits per heavy atom. The number of alkyl halides is 3. The molecule has 0 N–H and O–H groups in total. The summed E-state index contributed by atoms with van der Waals surface area (Å²) < 4.78 is 50.1. The first-order valence-electron chi connectivity index (χ1n) is 6.13. The Balaban J connectivity index is 2.15. The van der Waals surface area contributed by atoms with Crippen molar-refractivity contribution in [3.8, 4) is 0 Å². The van der Waals surface area contributed by atoms with E-state index in [1.54, 1.807) is 0 Å². The minimum atomic E-state index is -4.44. The third-order valence-electron chi connectivity index (χ3n) is 3.04. The van der Waals surface area contributed by atoms with Crippen molar-refractivity contribution in [3.63, 3.8) is 0 Å². The van der Waals surface area contributed by atoms with E-state index in [4.69, 9.17) is 0 Å². The van der Waals surface area contributed by atoms with Gasteiger partial charge in [0.15, 0.2) is 0 Å². The van der Waals surface area contributed by atoms with Gasteiger partial charge < -0.3 is 4.79 Å². The maximum atomic E-state index is 12.8. The number of carbonyl (C=O) groups excluding carboxylic acids is 1. The van der Waals surface area contributed by atoms with E-state index in [2.05, 4.69) is 4.98 Å². The van der Waals surface area contributed by atoms with Crippen molar-refractivity contribution in [1.82, 2.24) is 4.98 Å². The van der Waals surface area contributed by atoms with Gasteiger partial charge in [0, 0.05) is 24.2 Å². The van der Waals surface area contributed by atoms with Crippen molar-refractivity contribution in [1.29, 1.82) is 0 Å². The monoisotopic (exact) mass is 297 g/mol. The average Bonchev–Trinajstić information content (AvgIpc) is 2.45. The lowest BCUT2D eigenvalue weighted by Gasteiger charge is -2.11. The van der Waals surface area contributed by atoms with Crippen LogP contribution in [-0.2, 0) is 17.4 Å². The van der Waals surface area contributed by atoms with Crippen LogP contribution in [0.3, 0.4) is 0 Å². The molecule has 1 heterocycles. The zero-order valence-electron chi connectivity index (χ0n) is 10.8. The Bertz CT molecular complexity index is 605. The highest BCUT2D eigenvalue weighted by Gasteiger charge is 2.30. The quantitative estimate of drug-likeness (QED) is 0.635. The van der Waals surface area contributed by atoms with Crippen LogP contribution in [0.15, 0.2) is 42.6 Å². The van der Waals surface area contributed by atoms with Gasteiger partial charge in [-0.25, -0.2) is 4.39 Å². The molecule has 2 aromatic rings. The molecule has 6 heteroatoms. The van der Waals surface area contributed by atoms with Crippen molar-refractivity contribution in [2.75, 3.05) is 0 Å². The topological polar surface area (TPSA) is 30.0 Å². The minimum absolute atomic E-state index is 0.160. The molecule has 2 rings (SSSR count). The van der Waals surface area contributed by atoms with Gasteiger partial charge in [0.1, 0.15) is 12.1 Å². The Hall–Kier alpha value is -2.24. The normalized spacial score (nSPS) is 13.0. The number of hydrogen-bond donors (Lipinski definition) is 0. The van der Waals surface area contributed by atoms with Gasteiger partial charge in [0.2, 0.25) is 0 Å². The maximum absolute atomic E-state index is 12.8. The second-order valence-electron chi connectivity index (χ2n) is 4.53. The van der Waals surface area contributed by atoms with Crippen LogP contribution in [0.5, 0.6) is 0 Å². The molecular formula is C15H11F4NO. The Labute approximate surface area is 118 Å². The number of aldehydes is 1. The third kappa shape index (κ3) is 3.87. The average molecular weight is 297 g/mol. The SMILES string of the molecule is O=CC(Cc1ccc(C(F)(F)F)cn1)c1ccc(F)cc1. The molecule has 0 radical (unpaired) electrons. The molecule has 2 nitrogen and oxygen atoms in total. The van der Waals surface area contributed by atoms with Crippen LogP contribution >= 0.6 is 0 Å². The highest BCUT2D eigenvalue weighted by Crippen LogP contribution is 2.29. The molecule has 0 spiro atoms. The summed E-state index contributed by atoms with van der Waals surface area (Å²) >= 11 is 0. The molecular weight excluding hydrogens is 286 g/mol. The standard InChI is InChI=1S/C15H11F4NO/c16-13-4-1-10(2-5-13)11(9-21)7-14-6-3-12(8-20-14)15(17,18)19/h1-6,8-9,11H,7H2. The molecule has 0 saturated heterocycles. The molecule has 0 fully saturated rings. The second kappa shape index (κ2) is 6.03. The highest BCUT2D eigenvalue weighted by molar-refractivity contribution is 5.62. The fourth-order valence-corrected chi connectivity index (χ4v) is 1.89. The fourth-order valence-electron chi connectivity index (χ4n) is 1.89. The van der Waals surface area contributed by atoms with Crippen LogP contribution in [0, 0.1) is 5.82 Å². The number of aromatic nitrogens is 1. The van der Waals surface area contributed by atoms with Gasteiger partial charge in [-0.2, -0.15) is 13.2 Å². The van der Waals surface area contributed by atoms with Crippen LogP contribution in [0.2, 0.25) is 0 Å². The lowest BCUT2D eigenvalue weighted by molar-refractivity contribution is -0.137. The number of rotatable bonds is 4. The van der Waals surface area contributed by atoms with Gasteiger partial charge in [-0.1, -0.05) is 12.1 Å². The Morgan fingerprint density at radius 3 is 2.24 bits per heavy atom. The lowest BCUT2D eigenvalue weighted by atomic mass is 9.95. The fraction of sp³-hybridized carbons (Fsp3) is 0.200. The van der Waals surface area contributed by atoms with Crippen molar-refractivity contribution in [2.45, 2.75) is 18.5 Å². The van der Waals surface area contributed by atoms with E-state index in [-0.39, 0.29) is 6.42 Å². The molecule has 0 aliphatic rings. The summed E-state index contributed by atoms with van der Waals surface area (Å²) in [6, 6.07) is 7.56. The highest BCUT2D eigenvalue weighted by atomic mass is 19.4. The van der Waals surface area contributed by atoms with Crippen LogP contribution in [0.25, 0.3) is 0 Å². The predicted octanol–water partition coefficient (Wildman–Crippen LogP) is 3.76. The number of benzene rings is 1. The first-order chi connectivity index (χ1) is 9.90. The summed E-state index contributed by atoms with van der Waals surface area (Å²) in [6.07, 6.45) is -2.87. The predicted molar refractivity (Wildman–Crippen MR) is 68.1 cm³/mol. The van der Waals surface area contributed by atoms with Gasteiger partial charge in [-0.3, -0.25) is 4.98 Å². The molecule has 1 aromatic carbocycles. The summed E-state index contributed by atoms with van der Waals surface area (Å²) in [7, 11) is 0. The molecule has 1 atom stereocenters. The van der Waals surface area contributed by atoms with Crippen molar-refractivity contribution in [3.05, 3.63) is 65.2 Å². The summed E-state index contributed by atoms with van der Waals surface area (Å²) in [6.45, 7) is 0. The van der Waals surface area contributed by atoms with E-state index in [9.17, 15) is 22.4 Å². The smallest absolute Gasteiger partial charge is 0.303 e. The number of pyridine rings is 1. The van der Waals surface area contributed by atoms with E-state index >= 15 is 0 Å². The molecule has 1 unspecified atom stereocenters. The van der Waals surface area contributed by atoms with Gasteiger partial charge in [-0.05, 0) is 29.8 Å². The minimum Gasteiger partial charge on any atom is -0.303 e. The maximum Gasteiger partial charge on any atom is 0.417 e. The molecule has 110 valence electrons. The van der Waals surface area contributed by atoms with E-state index < -0.39 is 23.5 Å². The zero-order chi connectivity index (χ0) is 15.5. The molecule has 0 amide bonds. The summed E-state index contributed by atoms with van der Waals surface area (Å²) in [5, 5.41) is 0. The number of halogens is 4. The molecule has 0 bridgehead atoms. The summed E-state index contributed by atoms with van der Waals surface area (Å²) in [5.41, 5.74) is 0.119. The molecule has 0 aliphatic heterocycles. The number of nitrogens with zero attached hydrogens (tertiary/aromatic N) is 1. The largest absolute Gasteiger partial charge is 0.417 e. The lowest BCUT2D eigenvalue weighted by Crippen LogP contribution is -2.09. The van der Waals surface area contributed by atoms with Gasteiger partial charge in [0.05, 0.1) is 5.56 Å². The molecule has 0 aliphatic carbocycles. The summed E-state index contributed by atoms with van der Waals surface area (Å²) in [5.74, 6) is -0.995. The van der Waals surface area contributed by atoms with Gasteiger partial charge in [-0.15, -0.1) is 0 Å². The van der Waals surface area contributed by atoms with E-state index in [1.807, 2.05) is 0 Å². The van der Waals surface area contributed by atoms with Crippen LogP contribution in [0.4, 0.5) is 17.6 Å².